The molecular weight excluding hydrogens is 567 g/mol. The number of rotatable bonds is 9. The number of benzene rings is 2. The molecule has 1 aliphatic rings. The van der Waals surface area contributed by atoms with Crippen molar-refractivity contribution in [3.8, 4) is 17.6 Å². The molecule has 4 rings (SSSR count). The monoisotopic (exact) mass is 600 g/mol. The van der Waals surface area contributed by atoms with E-state index >= 15 is 0 Å². The second-order valence-corrected chi connectivity index (χ2v) is 12.6. The minimum absolute atomic E-state index is 0.0544. The molecule has 1 aromatic heterocycles. The Morgan fingerprint density at radius 2 is 1.93 bits per heavy atom. The van der Waals surface area contributed by atoms with Gasteiger partial charge in [-0.1, -0.05) is 0 Å². The van der Waals surface area contributed by atoms with Crippen LogP contribution in [0.25, 0.3) is 10.9 Å². The predicted molar refractivity (Wildman–Crippen MR) is 154 cm³/mol. The third kappa shape index (κ3) is 7.15. The number of nitriles is 1. The molecule has 1 N–H and O–H groups in total. The highest BCUT2D eigenvalue weighted by Gasteiger charge is 2.27. The van der Waals surface area contributed by atoms with Gasteiger partial charge in [-0.15, -0.1) is 0 Å². The van der Waals surface area contributed by atoms with Gasteiger partial charge in [-0.05, 0) is 70.4 Å². The van der Waals surface area contributed by atoms with Crippen molar-refractivity contribution >= 4 is 32.9 Å². The van der Waals surface area contributed by atoms with Crippen LogP contribution in [-0.4, -0.2) is 65.6 Å². The van der Waals surface area contributed by atoms with Crippen molar-refractivity contribution in [2.24, 2.45) is 0 Å². The van der Waals surface area contributed by atoms with Crippen molar-refractivity contribution in [2.45, 2.75) is 52.2 Å². The third-order valence-electron chi connectivity index (χ3n) is 6.48. The van der Waals surface area contributed by atoms with E-state index in [1.54, 1.807) is 27.8 Å². The summed E-state index contributed by atoms with van der Waals surface area (Å²) >= 11 is 0. The first-order valence-electron chi connectivity index (χ1n) is 13.4. The fourth-order valence-corrected chi connectivity index (χ4v) is 5.69. The van der Waals surface area contributed by atoms with Gasteiger partial charge in [0, 0.05) is 33.2 Å². The van der Waals surface area contributed by atoms with Crippen LogP contribution in [0.1, 0.15) is 45.6 Å². The van der Waals surface area contributed by atoms with Gasteiger partial charge in [0.25, 0.3) is 5.56 Å². The number of hydrogen-bond donors (Lipinski definition) is 1. The van der Waals surface area contributed by atoms with E-state index in [9.17, 15) is 27.7 Å². The van der Waals surface area contributed by atoms with Gasteiger partial charge in [0.15, 0.2) is 11.6 Å². The number of hydrogen-bond acceptors (Lipinski definition) is 8. The average molecular weight is 601 g/mol. The molecule has 1 saturated heterocycles. The van der Waals surface area contributed by atoms with Crippen molar-refractivity contribution in [1.82, 2.24) is 18.8 Å². The number of ether oxygens (including phenoxy) is 2. The van der Waals surface area contributed by atoms with Gasteiger partial charge in [-0.25, -0.2) is 14.2 Å². The largest absolute Gasteiger partial charge is 0.453 e. The van der Waals surface area contributed by atoms with Crippen molar-refractivity contribution in [1.29, 1.82) is 5.26 Å². The van der Waals surface area contributed by atoms with E-state index in [1.165, 1.54) is 38.3 Å². The molecule has 0 aliphatic carbocycles. The predicted octanol–water partition coefficient (Wildman–Crippen LogP) is 4.21. The Bertz CT molecular complexity index is 1690. The molecule has 2 aromatic carbocycles. The minimum Gasteiger partial charge on any atom is -0.453 e. The Morgan fingerprint density at radius 3 is 2.60 bits per heavy atom. The molecule has 12 nitrogen and oxygen atoms in total. The van der Waals surface area contributed by atoms with Gasteiger partial charge in [0.05, 0.1) is 22.9 Å². The van der Waals surface area contributed by atoms with E-state index in [1.807, 2.05) is 6.07 Å². The van der Waals surface area contributed by atoms with Crippen molar-refractivity contribution in [2.75, 3.05) is 31.4 Å². The fraction of sp³-hybridized carbons (Fsp3) is 0.429. The van der Waals surface area contributed by atoms with E-state index in [0.29, 0.717) is 31.6 Å². The van der Waals surface area contributed by atoms with Gasteiger partial charge in [-0.2, -0.15) is 18.0 Å². The van der Waals surface area contributed by atoms with Crippen LogP contribution in [0, 0.1) is 17.1 Å². The number of fused-ring (bicyclic) bond motifs is 1. The topological polar surface area (TPSA) is 147 Å². The molecule has 2 heterocycles. The summed E-state index contributed by atoms with van der Waals surface area (Å²) in [5, 5.41) is 9.98. The molecule has 1 aliphatic heterocycles. The second-order valence-electron chi connectivity index (χ2n) is 10.9. The summed E-state index contributed by atoms with van der Waals surface area (Å²) < 4.78 is 56.4. The first-order valence-corrected chi connectivity index (χ1v) is 14.8. The van der Waals surface area contributed by atoms with Crippen LogP contribution in [0.5, 0.6) is 11.5 Å². The molecule has 3 aromatic rings. The lowest BCUT2D eigenvalue weighted by Crippen LogP contribution is -2.35. The first-order chi connectivity index (χ1) is 19.8. The van der Waals surface area contributed by atoms with Crippen LogP contribution >= 0.6 is 0 Å². The van der Waals surface area contributed by atoms with Gasteiger partial charge in [0.1, 0.15) is 23.0 Å². The number of nitrogens with zero attached hydrogens (tertiary/aromatic N) is 5. The van der Waals surface area contributed by atoms with Crippen molar-refractivity contribution in [3.05, 3.63) is 58.4 Å². The number of anilines is 1. The summed E-state index contributed by atoms with van der Waals surface area (Å²) in [6, 6.07) is 8.37. The average Bonchev–Trinajstić information content (AvgIpc) is 3.47. The highest BCUT2D eigenvalue weighted by atomic mass is 32.2. The van der Waals surface area contributed by atoms with Gasteiger partial charge >= 0.3 is 16.3 Å². The van der Waals surface area contributed by atoms with E-state index in [-0.39, 0.29) is 34.5 Å². The second kappa shape index (κ2) is 12.3. The standard InChI is InChI=1S/C28H33FN6O6S/c1-28(2,3)41-27(37)33(4)12-7-13-34-18-31-23-10-8-19(16-20(23)26(34)36)40-25-21(17-30)24(11-9-22(25)29)32-42(38,39)35-14-5-6-15-35/h8-11,16,18,32H,5-7,12-15H2,1-4H3. The Morgan fingerprint density at radius 1 is 1.21 bits per heavy atom. The summed E-state index contributed by atoms with van der Waals surface area (Å²) in [6.07, 6.45) is 2.85. The van der Waals surface area contributed by atoms with E-state index < -0.39 is 33.5 Å². The van der Waals surface area contributed by atoms with E-state index in [2.05, 4.69) is 9.71 Å². The summed E-state index contributed by atoms with van der Waals surface area (Å²) in [7, 11) is -2.33. The van der Waals surface area contributed by atoms with Crippen LogP contribution in [0.15, 0.2) is 41.5 Å². The molecule has 0 unspecified atom stereocenters. The Hall–Kier alpha value is -4.22. The number of halogens is 1. The number of carbonyl (C=O) groups is 1. The zero-order valence-corrected chi connectivity index (χ0v) is 24.7. The van der Waals surface area contributed by atoms with Crippen molar-refractivity contribution < 1.29 is 27.1 Å². The lowest BCUT2D eigenvalue weighted by Gasteiger charge is -2.24. The highest BCUT2D eigenvalue weighted by molar-refractivity contribution is 7.90. The van der Waals surface area contributed by atoms with Gasteiger partial charge in [0.2, 0.25) is 0 Å². The molecule has 1 fully saturated rings. The number of aryl methyl sites for hydroxylation is 1. The SMILES string of the molecule is CN(CCCn1cnc2ccc(Oc3c(F)ccc(NS(=O)(=O)N4CCCC4)c3C#N)cc2c1=O)C(=O)OC(C)(C)C. The van der Waals surface area contributed by atoms with E-state index in [4.69, 9.17) is 9.47 Å². The Kier molecular flexibility index (Phi) is 9.03. The maximum absolute atomic E-state index is 14.9. The summed E-state index contributed by atoms with van der Waals surface area (Å²) in [6.45, 7) is 6.65. The molecular formula is C28H33FN6O6S. The molecule has 0 spiro atoms. The zero-order chi connectivity index (χ0) is 30.7. The molecule has 0 saturated carbocycles. The number of nitrogens with one attached hydrogen (secondary N) is 1. The molecule has 42 heavy (non-hydrogen) atoms. The van der Waals surface area contributed by atoms with Gasteiger partial charge in [-0.3, -0.25) is 14.1 Å². The summed E-state index contributed by atoms with van der Waals surface area (Å²) in [4.78, 5) is 31.1. The molecule has 1 amide bonds. The zero-order valence-electron chi connectivity index (χ0n) is 23.9. The molecule has 14 heteroatoms. The van der Waals surface area contributed by atoms with Crippen LogP contribution in [-0.2, 0) is 21.5 Å². The fourth-order valence-electron chi connectivity index (χ4n) is 4.37. The molecule has 224 valence electrons. The first kappa shape index (κ1) is 30.7. The normalized spacial score (nSPS) is 14.0. The quantitative estimate of drug-likeness (QED) is 0.384. The summed E-state index contributed by atoms with van der Waals surface area (Å²) in [5.74, 6) is -1.31. The molecule has 0 radical (unpaired) electrons. The van der Waals surface area contributed by atoms with E-state index in [0.717, 1.165) is 25.0 Å². The number of amides is 1. The number of aromatic nitrogens is 2. The van der Waals surface area contributed by atoms with Crippen LogP contribution in [0.4, 0.5) is 14.9 Å². The smallest absolute Gasteiger partial charge is 0.410 e. The summed E-state index contributed by atoms with van der Waals surface area (Å²) in [5.41, 5.74) is -1.08. The van der Waals surface area contributed by atoms with Crippen LogP contribution in [0.2, 0.25) is 0 Å². The van der Waals surface area contributed by atoms with Crippen molar-refractivity contribution in [3.63, 3.8) is 0 Å². The lowest BCUT2D eigenvalue weighted by molar-refractivity contribution is 0.0295. The van der Waals surface area contributed by atoms with Crippen LogP contribution < -0.4 is 15.0 Å². The van der Waals surface area contributed by atoms with Gasteiger partial charge < -0.3 is 14.4 Å². The molecule has 0 atom stereocenters. The molecule has 0 bridgehead atoms. The Balaban J connectivity index is 1.54. The lowest BCUT2D eigenvalue weighted by atomic mass is 10.1. The van der Waals surface area contributed by atoms with Crippen LogP contribution in [0.3, 0.4) is 0 Å². The maximum Gasteiger partial charge on any atom is 0.410 e. The maximum atomic E-state index is 14.9. The third-order valence-corrected chi connectivity index (χ3v) is 8.00. The Labute approximate surface area is 243 Å². The number of carbonyl (C=O) groups excluding carboxylic acids is 1. The highest BCUT2D eigenvalue weighted by Crippen LogP contribution is 2.34. The minimum atomic E-state index is -3.94.